The van der Waals surface area contributed by atoms with Crippen LogP contribution in [0.3, 0.4) is 0 Å². The minimum Gasteiger partial charge on any atom is -0.352 e. The summed E-state index contributed by atoms with van der Waals surface area (Å²) < 4.78 is 0. The van der Waals surface area contributed by atoms with E-state index in [1.165, 1.54) is 19.3 Å². The Kier molecular flexibility index (Phi) is 4.51. The number of hydrogen-bond acceptors (Lipinski definition) is 5. The molecule has 0 radical (unpaired) electrons. The van der Waals surface area contributed by atoms with E-state index in [-0.39, 0.29) is 6.03 Å². The summed E-state index contributed by atoms with van der Waals surface area (Å²) in [5, 5.41) is 6.38. The molecular weight excluding hydrogens is 322 g/mol. The van der Waals surface area contributed by atoms with Gasteiger partial charge in [0.2, 0.25) is 0 Å². The van der Waals surface area contributed by atoms with Crippen LogP contribution in [-0.2, 0) is 0 Å². The van der Waals surface area contributed by atoms with Crippen LogP contribution in [0.4, 0.5) is 10.6 Å². The van der Waals surface area contributed by atoms with Crippen LogP contribution >= 0.6 is 11.3 Å². The first-order valence-corrected chi connectivity index (χ1v) is 9.68. The zero-order chi connectivity index (χ0) is 16.4. The Hall–Kier alpha value is -1.89. The van der Waals surface area contributed by atoms with Crippen molar-refractivity contribution in [2.24, 2.45) is 0 Å². The van der Waals surface area contributed by atoms with E-state index in [2.05, 4.69) is 31.6 Å². The van der Waals surface area contributed by atoms with Crippen molar-refractivity contribution in [3.05, 3.63) is 17.8 Å². The first-order valence-electron chi connectivity index (χ1n) is 8.80. The summed E-state index contributed by atoms with van der Waals surface area (Å²) in [6.45, 7) is 3.13. The largest absolute Gasteiger partial charge is 0.352 e. The topological polar surface area (TPSA) is 61.4 Å². The first kappa shape index (κ1) is 15.6. The van der Waals surface area contributed by atoms with Gasteiger partial charge in [-0.3, -0.25) is 0 Å². The average molecular weight is 345 g/mol. The lowest BCUT2D eigenvalue weighted by molar-refractivity contribution is 0.186. The van der Waals surface area contributed by atoms with Crippen molar-refractivity contribution < 1.29 is 4.79 Å². The van der Waals surface area contributed by atoms with Gasteiger partial charge in [-0.05, 0) is 24.3 Å². The second-order valence-corrected chi connectivity index (χ2v) is 7.49. The van der Waals surface area contributed by atoms with E-state index in [1.54, 1.807) is 17.7 Å². The van der Waals surface area contributed by atoms with Crippen LogP contribution in [-0.4, -0.2) is 53.1 Å². The Labute approximate surface area is 145 Å². The highest BCUT2D eigenvalue weighted by Gasteiger charge is 2.25. The molecule has 0 spiro atoms. The van der Waals surface area contributed by atoms with Crippen molar-refractivity contribution in [1.82, 2.24) is 20.2 Å². The Morgan fingerprint density at radius 2 is 1.92 bits per heavy atom. The van der Waals surface area contributed by atoms with Gasteiger partial charge >= 0.3 is 6.03 Å². The SMILES string of the molecule is O=C(NC1CCCCC1)N1CCN(c2ncnc3sccc23)CC1. The number of thiophene rings is 1. The molecule has 0 unspecified atom stereocenters. The zero-order valence-corrected chi connectivity index (χ0v) is 14.6. The molecule has 128 valence electrons. The third-order valence-corrected chi connectivity index (χ3v) is 5.86. The summed E-state index contributed by atoms with van der Waals surface area (Å²) in [5.41, 5.74) is 0. The zero-order valence-electron chi connectivity index (χ0n) is 13.8. The number of aromatic nitrogens is 2. The molecule has 1 aliphatic heterocycles. The molecule has 1 saturated carbocycles. The van der Waals surface area contributed by atoms with Crippen LogP contribution in [0.2, 0.25) is 0 Å². The number of carbonyl (C=O) groups excluding carboxylic acids is 1. The predicted molar refractivity (Wildman–Crippen MR) is 96.6 cm³/mol. The van der Waals surface area contributed by atoms with Gasteiger partial charge in [0.05, 0.1) is 5.39 Å². The molecule has 2 fully saturated rings. The summed E-state index contributed by atoms with van der Waals surface area (Å²) in [5.74, 6) is 0.994. The fourth-order valence-corrected chi connectivity index (χ4v) is 4.39. The highest BCUT2D eigenvalue weighted by atomic mass is 32.1. The fraction of sp³-hybridized carbons (Fsp3) is 0.588. The van der Waals surface area contributed by atoms with Crippen LogP contribution in [0.5, 0.6) is 0 Å². The summed E-state index contributed by atoms with van der Waals surface area (Å²) in [4.78, 5) is 26.5. The van der Waals surface area contributed by atoms with Gasteiger partial charge in [0.15, 0.2) is 0 Å². The van der Waals surface area contributed by atoms with Crippen molar-refractivity contribution in [2.75, 3.05) is 31.1 Å². The average Bonchev–Trinajstić information content (AvgIpc) is 3.11. The standard InChI is InChI=1S/C17H23N5OS/c23-17(20-13-4-2-1-3-5-13)22-9-7-21(8-10-22)15-14-6-11-24-16(14)19-12-18-15/h6,11-13H,1-5,7-10H2,(H,20,23). The molecule has 3 heterocycles. The van der Waals surface area contributed by atoms with Gasteiger partial charge in [0.25, 0.3) is 0 Å². The Morgan fingerprint density at radius 1 is 1.12 bits per heavy atom. The summed E-state index contributed by atoms with van der Waals surface area (Å²) >= 11 is 1.64. The molecule has 7 heteroatoms. The minimum absolute atomic E-state index is 0.102. The van der Waals surface area contributed by atoms with Crippen molar-refractivity contribution in [2.45, 2.75) is 38.1 Å². The summed E-state index contributed by atoms with van der Waals surface area (Å²) in [6.07, 6.45) is 7.68. The highest BCUT2D eigenvalue weighted by molar-refractivity contribution is 7.16. The molecule has 2 aromatic rings. The molecule has 2 aliphatic rings. The lowest BCUT2D eigenvalue weighted by atomic mass is 9.96. The van der Waals surface area contributed by atoms with Crippen LogP contribution < -0.4 is 10.2 Å². The minimum atomic E-state index is 0.102. The molecule has 2 aromatic heterocycles. The van der Waals surface area contributed by atoms with E-state index in [4.69, 9.17) is 0 Å². The maximum absolute atomic E-state index is 12.5. The second kappa shape index (κ2) is 6.93. The number of urea groups is 1. The number of amides is 2. The normalized spacial score (nSPS) is 19.7. The Balaban J connectivity index is 1.36. The molecule has 4 rings (SSSR count). The third kappa shape index (κ3) is 3.17. The Bertz CT molecular complexity index is 704. The number of nitrogens with one attached hydrogen (secondary N) is 1. The number of nitrogens with zero attached hydrogens (tertiary/aromatic N) is 4. The number of carbonyl (C=O) groups is 1. The fourth-order valence-electron chi connectivity index (χ4n) is 3.66. The molecule has 0 aromatic carbocycles. The number of hydrogen-bond donors (Lipinski definition) is 1. The van der Waals surface area contributed by atoms with Crippen molar-refractivity contribution in [3.8, 4) is 0 Å². The molecule has 6 nitrogen and oxygen atoms in total. The number of fused-ring (bicyclic) bond motifs is 1. The third-order valence-electron chi connectivity index (χ3n) is 5.04. The van der Waals surface area contributed by atoms with Crippen molar-refractivity contribution >= 4 is 33.4 Å². The lowest BCUT2D eigenvalue weighted by Crippen LogP contribution is -2.53. The predicted octanol–water partition coefficient (Wildman–Crippen LogP) is 2.86. The van der Waals surface area contributed by atoms with Gasteiger partial charge in [-0.2, -0.15) is 0 Å². The maximum Gasteiger partial charge on any atom is 0.317 e. The molecule has 0 atom stereocenters. The number of piperazine rings is 1. The second-order valence-electron chi connectivity index (χ2n) is 6.60. The van der Waals surface area contributed by atoms with Gasteiger partial charge in [0.1, 0.15) is 17.0 Å². The van der Waals surface area contributed by atoms with E-state index in [0.717, 1.165) is 55.1 Å². The van der Waals surface area contributed by atoms with E-state index < -0.39 is 0 Å². The Morgan fingerprint density at radius 3 is 2.71 bits per heavy atom. The van der Waals surface area contributed by atoms with Gasteiger partial charge in [-0.1, -0.05) is 19.3 Å². The summed E-state index contributed by atoms with van der Waals surface area (Å²) in [7, 11) is 0. The quantitative estimate of drug-likeness (QED) is 0.909. The van der Waals surface area contributed by atoms with E-state index in [9.17, 15) is 4.79 Å². The van der Waals surface area contributed by atoms with Crippen LogP contribution in [0.25, 0.3) is 10.2 Å². The first-order chi connectivity index (χ1) is 11.8. The van der Waals surface area contributed by atoms with E-state index in [1.807, 2.05) is 4.90 Å². The van der Waals surface area contributed by atoms with Crippen molar-refractivity contribution in [1.29, 1.82) is 0 Å². The van der Waals surface area contributed by atoms with Crippen LogP contribution in [0, 0.1) is 0 Å². The molecule has 1 N–H and O–H groups in total. The molecule has 24 heavy (non-hydrogen) atoms. The van der Waals surface area contributed by atoms with E-state index in [0.29, 0.717) is 6.04 Å². The monoisotopic (exact) mass is 345 g/mol. The summed E-state index contributed by atoms with van der Waals surface area (Å²) in [6, 6.07) is 2.55. The van der Waals surface area contributed by atoms with Crippen molar-refractivity contribution in [3.63, 3.8) is 0 Å². The van der Waals surface area contributed by atoms with E-state index >= 15 is 0 Å². The van der Waals surface area contributed by atoms with Gasteiger partial charge in [-0.25, -0.2) is 14.8 Å². The smallest absolute Gasteiger partial charge is 0.317 e. The van der Waals surface area contributed by atoms with Crippen LogP contribution in [0.1, 0.15) is 32.1 Å². The van der Waals surface area contributed by atoms with Gasteiger partial charge in [0, 0.05) is 32.2 Å². The molecule has 0 bridgehead atoms. The maximum atomic E-state index is 12.5. The number of rotatable bonds is 2. The molecule has 2 amide bonds. The molecule has 1 saturated heterocycles. The van der Waals surface area contributed by atoms with Gasteiger partial charge in [-0.15, -0.1) is 11.3 Å². The lowest BCUT2D eigenvalue weighted by Gasteiger charge is -2.36. The van der Waals surface area contributed by atoms with Crippen LogP contribution in [0.15, 0.2) is 17.8 Å². The molecule has 1 aliphatic carbocycles. The number of anilines is 1. The van der Waals surface area contributed by atoms with Gasteiger partial charge < -0.3 is 15.1 Å². The molecular formula is C17H23N5OS. The highest BCUT2D eigenvalue weighted by Crippen LogP contribution is 2.27.